The fraction of sp³-hybridized carbons (Fsp3) is 0.500. The molecule has 0 saturated heterocycles. The van der Waals surface area contributed by atoms with Crippen molar-refractivity contribution in [3.05, 3.63) is 27.3 Å². The standard InChI is InChI=1S/C14H17ClINO2/c15-10-3-1-2-9(6-10)8-17-14(19)12-7-11(16)4-5-13(12)18/h4-5,7,9-10,18H,1-3,6,8H2,(H,17,19). The number of carbonyl (C=O) groups is 1. The number of halogens is 2. The summed E-state index contributed by atoms with van der Waals surface area (Å²) in [4.78, 5) is 12.0. The van der Waals surface area contributed by atoms with E-state index >= 15 is 0 Å². The van der Waals surface area contributed by atoms with Gasteiger partial charge < -0.3 is 10.4 Å². The lowest BCUT2D eigenvalue weighted by molar-refractivity contribution is 0.0941. The van der Waals surface area contributed by atoms with Gasteiger partial charge in [-0.3, -0.25) is 4.79 Å². The van der Waals surface area contributed by atoms with Crippen molar-refractivity contribution < 1.29 is 9.90 Å². The number of phenolic OH excluding ortho intramolecular Hbond substituents is 1. The second-order valence-corrected chi connectivity index (χ2v) is 6.86. The van der Waals surface area contributed by atoms with Gasteiger partial charge in [0.05, 0.1) is 5.56 Å². The van der Waals surface area contributed by atoms with Crippen molar-refractivity contribution in [3.63, 3.8) is 0 Å². The lowest BCUT2D eigenvalue weighted by atomic mass is 9.89. The fourth-order valence-corrected chi connectivity index (χ4v) is 3.33. The number of hydrogen-bond acceptors (Lipinski definition) is 2. The van der Waals surface area contributed by atoms with Crippen molar-refractivity contribution in [1.29, 1.82) is 0 Å². The molecule has 0 bridgehead atoms. The van der Waals surface area contributed by atoms with Gasteiger partial charge >= 0.3 is 0 Å². The van der Waals surface area contributed by atoms with Crippen LogP contribution in [0.2, 0.25) is 0 Å². The van der Waals surface area contributed by atoms with Crippen LogP contribution in [0.3, 0.4) is 0 Å². The van der Waals surface area contributed by atoms with Crippen LogP contribution in [0.1, 0.15) is 36.0 Å². The van der Waals surface area contributed by atoms with Crippen LogP contribution < -0.4 is 5.32 Å². The van der Waals surface area contributed by atoms with Gasteiger partial charge in [-0.2, -0.15) is 0 Å². The number of benzene rings is 1. The molecule has 0 spiro atoms. The van der Waals surface area contributed by atoms with E-state index in [0.717, 1.165) is 29.3 Å². The Labute approximate surface area is 131 Å². The summed E-state index contributed by atoms with van der Waals surface area (Å²) in [5.41, 5.74) is 0.338. The minimum atomic E-state index is -0.215. The summed E-state index contributed by atoms with van der Waals surface area (Å²) >= 11 is 8.26. The summed E-state index contributed by atoms with van der Waals surface area (Å²) in [7, 11) is 0. The minimum absolute atomic E-state index is 0.0248. The second kappa shape index (κ2) is 6.79. The fourth-order valence-electron chi connectivity index (χ4n) is 2.43. The molecule has 1 aliphatic carbocycles. The van der Waals surface area contributed by atoms with E-state index in [9.17, 15) is 9.90 Å². The molecule has 1 amide bonds. The molecule has 2 rings (SSSR count). The molecule has 0 aliphatic heterocycles. The third kappa shape index (κ3) is 4.24. The second-order valence-electron chi connectivity index (χ2n) is 5.00. The molecule has 0 radical (unpaired) electrons. The van der Waals surface area contributed by atoms with Crippen molar-refractivity contribution in [2.45, 2.75) is 31.1 Å². The van der Waals surface area contributed by atoms with E-state index < -0.39 is 0 Å². The predicted molar refractivity (Wildman–Crippen MR) is 84.8 cm³/mol. The highest BCUT2D eigenvalue weighted by atomic mass is 127. The molecule has 1 aliphatic rings. The van der Waals surface area contributed by atoms with Gasteiger partial charge in [0.2, 0.25) is 0 Å². The number of amides is 1. The normalized spacial score (nSPS) is 23.1. The van der Waals surface area contributed by atoms with Crippen LogP contribution in [0.15, 0.2) is 18.2 Å². The van der Waals surface area contributed by atoms with Crippen LogP contribution in [0, 0.1) is 9.49 Å². The molecule has 0 aromatic heterocycles. The van der Waals surface area contributed by atoms with E-state index in [4.69, 9.17) is 11.6 Å². The van der Waals surface area contributed by atoms with Crippen molar-refractivity contribution in [2.75, 3.05) is 6.54 Å². The molecule has 1 aromatic rings. The monoisotopic (exact) mass is 393 g/mol. The highest BCUT2D eigenvalue weighted by Crippen LogP contribution is 2.27. The minimum Gasteiger partial charge on any atom is -0.507 e. The summed E-state index contributed by atoms with van der Waals surface area (Å²) in [5.74, 6) is 0.259. The van der Waals surface area contributed by atoms with Crippen LogP contribution in [0.4, 0.5) is 0 Å². The Morgan fingerprint density at radius 3 is 3.00 bits per heavy atom. The molecule has 104 valence electrons. The Kier molecular flexibility index (Phi) is 5.33. The molecule has 3 nitrogen and oxygen atoms in total. The molecule has 1 saturated carbocycles. The van der Waals surface area contributed by atoms with E-state index in [0.29, 0.717) is 18.0 Å². The quantitative estimate of drug-likeness (QED) is 0.610. The molecule has 5 heteroatoms. The maximum absolute atomic E-state index is 12.0. The lowest BCUT2D eigenvalue weighted by Crippen LogP contribution is -2.32. The summed E-state index contributed by atoms with van der Waals surface area (Å²) in [5, 5.41) is 12.8. The predicted octanol–water partition coefficient (Wildman–Crippen LogP) is 3.52. The Morgan fingerprint density at radius 2 is 2.26 bits per heavy atom. The molecule has 1 fully saturated rings. The van der Waals surface area contributed by atoms with E-state index in [1.54, 1.807) is 18.2 Å². The average molecular weight is 394 g/mol. The van der Waals surface area contributed by atoms with Crippen LogP contribution in [-0.2, 0) is 0 Å². The summed E-state index contributed by atoms with van der Waals surface area (Å²) < 4.78 is 0.930. The first-order chi connectivity index (χ1) is 9.06. The maximum Gasteiger partial charge on any atom is 0.255 e. The van der Waals surface area contributed by atoms with Crippen LogP contribution in [-0.4, -0.2) is 22.9 Å². The number of nitrogens with one attached hydrogen (secondary N) is 1. The van der Waals surface area contributed by atoms with Gasteiger partial charge in [-0.1, -0.05) is 6.42 Å². The van der Waals surface area contributed by atoms with Crippen molar-refractivity contribution >= 4 is 40.1 Å². The first-order valence-electron chi connectivity index (χ1n) is 6.47. The van der Waals surface area contributed by atoms with Crippen LogP contribution in [0.25, 0.3) is 0 Å². The number of carbonyl (C=O) groups excluding carboxylic acids is 1. The largest absolute Gasteiger partial charge is 0.507 e. The Morgan fingerprint density at radius 1 is 1.47 bits per heavy atom. The summed E-state index contributed by atoms with van der Waals surface area (Å²) in [6.07, 6.45) is 4.27. The number of aromatic hydroxyl groups is 1. The Bertz CT molecular complexity index is 467. The number of hydrogen-bond donors (Lipinski definition) is 2. The molecule has 1 aromatic carbocycles. The topological polar surface area (TPSA) is 49.3 Å². The zero-order valence-corrected chi connectivity index (χ0v) is 13.4. The van der Waals surface area contributed by atoms with Gasteiger partial charge in [0.1, 0.15) is 5.75 Å². The van der Waals surface area contributed by atoms with E-state index in [1.807, 2.05) is 0 Å². The molecule has 2 atom stereocenters. The molecular formula is C14H17ClINO2. The van der Waals surface area contributed by atoms with Gasteiger partial charge in [0.25, 0.3) is 5.91 Å². The van der Waals surface area contributed by atoms with E-state index in [-0.39, 0.29) is 17.0 Å². The van der Waals surface area contributed by atoms with Crippen molar-refractivity contribution in [1.82, 2.24) is 5.32 Å². The number of phenols is 1. The van der Waals surface area contributed by atoms with Crippen LogP contribution >= 0.6 is 34.2 Å². The zero-order chi connectivity index (χ0) is 13.8. The lowest BCUT2D eigenvalue weighted by Gasteiger charge is -2.25. The summed E-state index contributed by atoms with van der Waals surface area (Å²) in [6, 6.07) is 5.01. The third-order valence-electron chi connectivity index (χ3n) is 3.47. The molecule has 2 N–H and O–H groups in total. The first-order valence-corrected chi connectivity index (χ1v) is 7.98. The summed E-state index contributed by atoms with van der Waals surface area (Å²) in [6.45, 7) is 0.632. The molecular weight excluding hydrogens is 377 g/mol. The maximum atomic E-state index is 12.0. The van der Waals surface area contributed by atoms with Gasteiger partial charge in [-0.05, 0) is 66.0 Å². The smallest absolute Gasteiger partial charge is 0.255 e. The van der Waals surface area contributed by atoms with Gasteiger partial charge in [-0.15, -0.1) is 11.6 Å². The van der Waals surface area contributed by atoms with Crippen molar-refractivity contribution in [2.24, 2.45) is 5.92 Å². The van der Waals surface area contributed by atoms with Gasteiger partial charge in [-0.25, -0.2) is 0 Å². The molecule has 19 heavy (non-hydrogen) atoms. The average Bonchev–Trinajstić information content (AvgIpc) is 2.39. The van der Waals surface area contributed by atoms with Crippen molar-refractivity contribution in [3.8, 4) is 5.75 Å². The van der Waals surface area contributed by atoms with Gasteiger partial charge in [0, 0.05) is 15.5 Å². The number of alkyl halides is 1. The zero-order valence-electron chi connectivity index (χ0n) is 10.5. The highest BCUT2D eigenvalue weighted by molar-refractivity contribution is 14.1. The first kappa shape index (κ1) is 14.9. The SMILES string of the molecule is O=C(NCC1CCCC(Cl)C1)c1cc(I)ccc1O. The highest BCUT2D eigenvalue weighted by Gasteiger charge is 2.21. The van der Waals surface area contributed by atoms with Gasteiger partial charge in [0.15, 0.2) is 0 Å². The number of rotatable bonds is 3. The van der Waals surface area contributed by atoms with E-state index in [1.165, 1.54) is 0 Å². The van der Waals surface area contributed by atoms with Crippen LogP contribution in [0.5, 0.6) is 5.75 Å². The Balaban J connectivity index is 1.92. The van der Waals surface area contributed by atoms with E-state index in [2.05, 4.69) is 27.9 Å². The molecule has 0 heterocycles. The third-order valence-corrected chi connectivity index (χ3v) is 4.54. The Hall–Kier alpha value is -0.490. The molecule has 2 unspecified atom stereocenters.